The Morgan fingerprint density at radius 1 is 1.03 bits per heavy atom. The van der Waals surface area contributed by atoms with Crippen LogP contribution in [0.3, 0.4) is 0 Å². The molecule has 160 valence electrons. The predicted octanol–water partition coefficient (Wildman–Crippen LogP) is 3.48. The van der Waals surface area contributed by atoms with Crippen LogP contribution in [0.25, 0.3) is 10.9 Å². The molecule has 8 heteroatoms. The van der Waals surface area contributed by atoms with Gasteiger partial charge in [0.25, 0.3) is 5.91 Å². The summed E-state index contributed by atoms with van der Waals surface area (Å²) in [5, 5.41) is 3.34. The van der Waals surface area contributed by atoms with Crippen LogP contribution in [0.4, 0.5) is 15.9 Å². The van der Waals surface area contributed by atoms with E-state index in [9.17, 15) is 9.18 Å². The normalized spacial score (nSPS) is 17.9. The molecule has 2 fully saturated rings. The van der Waals surface area contributed by atoms with Gasteiger partial charge in [0.05, 0.1) is 23.6 Å². The zero-order valence-electron chi connectivity index (χ0n) is 17.3. The summed E-state index contributed by atoms with van der Waals surface area (Å²) in [5.41, 5.74) is 1.03. The first-order valence-corrected chi connectivity index (χ1v) is 10.8. The van der Waals surface area contributed by atoms with Gasteiger partial charge in [-0.3, -0.25) is 9.78 Å². The number of nitrogens with zero attached hydrogens (tertiary/aromatic N) is 5. The Labute approximate surface area is 180 Å². The largest absolute Gasteiger partial charge is 0.355 e. The van der Waals surface area contributed by atoms with E-state index in [1.165, 1.54) is 44.3 Å². The molecule has 0 atom stereocenters. The first-order chi connectivity index (χ1) is 15.2. The van der Waals surface area contributed by atoms with Gasteiger partial charge in [0.2, 0.25) is 0 Å². The van der Waals surface area contributed by atoms with Crippen molar-refractivity contribution in [2.45, 2.75) is 31.7 Å². The van der Waals surface area contributed by atoms with Crippen molar-refractivity contribution in [2.75, 3.05) is 36.4 Å². The second-order valence-corrected chi connectivity index (χ2v) is 8.20. The Hall–Kier alpha value is -3.13. The molecule has 2 aromatic heterocycles. The molecule has 31 heavy (non-hydrogen) atoms. The second-order valence-electron chi connectivity index (χ2n) is 8.20. The van der Waals surface area contributed by atoms with E-state index in [0.717, 1.165) is 31.7 Å². The van der Waals surface area contributed by atoms with E-state index in [1.54, 1.807) is 24.5 Å². The quantitative estimate of drug-likeness (QED) is 0.697. The molecule has 1 N–H and O–H groups in total. The summed E-state index contributed by atoms with van der Waals surface area (Å²) in [6.07, 6.45) is 9.62. The fourth-order valence-corrected chi connectivity index (χ4v) is 4.61. The first kappa shape index (κ1) is 19.8. The summed E-state index contributed by atoms with van der Waals surface area (Å²) in [6, 6.07) is 6.80. The van der Waals surface area contributed by atoms with Gasteiger partial charge in [0.15, 0.2) is 0 Å². The summed E-state index contributed by atoms with van der Waals surface area (Å²) in [4.78, 5) is 30.5. The van der Waals surface area contributed by atoms with E-state index in [2.05, 4.69) is 30.1 Å². The maximum Gasteiger partial charge on any atom is 0.275 e. The number of halogens is 1. The number of carbonyl (C=O) groups is 1. The summed E-state index contributed by atoms with van der Waals surface area (Å²) < 4.78 is 13.9. The molecule has 0 saturated carbocycles. The molecule has 0 bridgehead atoms. The van der Waals surface area contributed by atoms with Crippen LogP contribution in [0.1, 0.15) is 36.2 Å². The molecule has 4 heterocycles. The monoisotopic (exact) mass is 420 g/mol. The molecule has 2 saturated heterocycles. The Bertz CT molecular complexity index is 1080. The Balaban J connectivity index is 1.25. The summed E-state index contributed by atoms with van der Waals surface area (Å²) in [5.74, 6) is -0.0896. The number of nitrogens with one attached hydrogen (secondary N) is 1. The number of aromatic nitrogens is 3. The third kappa shape index (κ3) is 4.20. The summed E-state index contributed by atoms with van der Waals surface area (Å²) in [6.45, 7) is 4.35. The third-order valence-electron chi connectivity index (χ3n) is 6.23. The molecule has 7 nitrogen and oxygen atoms in total. The maximum atomic E-state index is 13.9. The van der Waals surface area contributed by atoms with E-state index < -0.39 is 11.7 Å². The standard InChI is InChI=1S/C23H25FN6O/c24-17-12-16-4-3-7-25-22(16)19(13-17)28-23(31)20-14-27-21(15-26-20)30-10-5-18(6-11-30)29-8-1-2-9-29/h3-4,7,12-15,18H,1-2,5-6,8-11H2,(H,28,31). The van der Waals surface area contributed by atoms with Crippen molar-refractivity contribution in [2.24, 2.45) is 0 Å². The van der Waals surface area contributed by atoms with Crippen LogP contribution in [0, 0.1) is 5.82 Å². The maximum absolute atomic E-state index is 13.9. The number of rotatable bonds is 4. The number of hydrogen-bond donors (Lipinski definition) is 1. The average Bonchev–Trinajstić information content (AvgIpc) is 3.34. The minimum absolute atomic E-state index is 0.184. The third-order valence-corrected chi connectivity index (χ3v) is 6.23. The fraction of sp³-hybridized carbons (Fsp3) is 0.391. The van der Waals surface area contributed by atoms with Crippen molar-refractivity contribution in [3.63, 3.8) is 0 Å². The van der Waals surface area contributed by atoms with E-state index in [0.29, 0.717) is 22.6 Å². The van der Waals surface area contributed by atoms with Crippen molar-refractivity contribution >= 4 is 28.3 Å². The van der Waals surface area contributed by atoms with Crippen molar-refractivity contribution in [3.05, 3.63) is 54.4 Å². The topological polar surface area (TPSA) is 74.2 Å². The molecule has 2 aliphatic heterocycles. The van der Waals surface area contributed by atoms with Crippen molar-refractivity contribution in [3.8, 4) is 0 Å². The van der Waals surface area contributed by atoms with E-state index >= 15 is 0 Å². The van der Waals surface area contributed by atoms with Gasteiger partial charge in [-0.15, -0.1) is 0 Å². The van der Waals surface area contributed by atoms with E-state index in [4.69, 9.17) is 0 Å². The molecule has 0 radical (unpaired) electrons. The Kier molecular flexibility index (Phi) is 5.46. The number of carbonyl (C=O) groups excluding carboxylic acids is 1. The molecule has 2 aliphatic rings. The van der Waals surface area contributed by atoms with Crippen LogP contribution in [0.5, 0.6) is 0 Å². The zero-order valence-corrected chi connectivity index (χ0v) is 17.3. The molecule has 1 amide bonds. The molecular weight excluding hydrogens is 395 g/mol. The van der Waals surface area contributed by atoms with Crippen LogP contribution in [-0.4, -0.2) is 58.0 Å². The Morgan fingerprint density at radius 3 is 2.58 bits per heavy atom. The van der Waals surface area contributed by atoms with Gasteiger partial charge >= 0.3 is 0 Å². The Morgan fingerprint density at radius 2 is 1.84 bits per heavy atom. The highest BCUT2D eigenvalue weighted by molar-refractivity contribution is 6.07. The number of anilines is 2. The number of benzene rings is 1. The number of likely N-dealkylation sites (tertiary alicyclic amines) is 1. The van der Waals surface area contributed by atoms with Crippen LogP contribution in [0.2, 0.25) is 0 Å². The van der Waals surface area contributed by atoms with Crippen molar-refractivity contribution in [1.82, 2.24) is 19.9 Å². The second kappa shape index (κ2) is 8.55. The van der Waals surface area contributed by atoms with Gasteiger partial charge in [-0.05, 0) is 57.0 Å². The molecule has 0 unspecified atom stereocenters. The number of piperidine rings is 1. The fourth-order valence-electron chi connectivity index (χ4n) is 4.61. The van der Waals surface area contributed by atoms with Gasteiger partial charge in [0, 0.05) is 30.7 Å². The molecule has 5 rings (SSSR count). The van der Waals surface area contributed by atoms with E-state index in [-0.39, 0.29) is 5.69 Å². The van der Waals surface area contributed by atoms with Gasteiger partial charge in [0.1, 0.15) is 17.3 Å². The highest BCUT2D eigenvalue weighted by Gasteiger charge is 2.27. The molecule has 1 aromatic carbocycles. The lowest BCUT2D eigenvalue weighted by molar-refractivity contribution is 0.102. The van der Waals surface area contributed by atoms with Crippen molar-refractivity contribution in [1.29, 1.82) is 0 Å². The van der Waals surface area contributed by atoms with Crippen LogP contribution >= 0.6 is 0 Å². The van der Waals surface area contributed by atoms with Gasteiger partial charge in [-0.2, -0.15) is 0 Å². The number of fused-ring (bicyclic) bond motifs is 1. The minimum Gasteiger partial charge on any atom is -0.355 e. The molecule has 3 aromatic rings. The summed E-state index contributed by atoms with van der Waals surface area (Å²) >= 11 is 0. The zero-order chi connectivity index (χ0) is 21.2. The lowest BCUT2D eigenvalue weighted by Crippen LogP contribution is -2.44. The first-order valence-electron chi connectivity index (χ1n) is 10.8. The highest BCUT2D eigenvalue weighted by atomic mass is 19.1. The van der Waals surface area contributed by atoms with Crippen LogP contribution in [-0.2, 0) is 0 Å². The van der Waals surface area contributed by atoms with Gasteiger partial charge in [-0.1, -0.05) is 6.07 Å². The highest BCUT2D eigenvalue weighted by Crippen LogP contribution is 2.25. The molecule has 0 aliphatic carbocycles. The van der Waals surface area contributed by atoms with Gasteiger partial charge in [-0.25, -0.2) is 14.4 Å². The predicted molar refractivity (Wildman–Crippen MR) is 118 cm³/mol. The van der Waals surface area contributed by atoms with Gasteiger partial charge < -0.3 is 15.1 Å². The molecular formula is C23H25FN6O. The SMILES string of the molecule is O=C(Nc1cc(F)cc2cccnc12)c1cnc(N2CCC(N3CCCC3)CC2)cn1. The lowest BCUT2D eigenvalue weighted by atomic mass is 10.0. The number of hydrogen-bond acceptors (Lipinski definition) is 6. The van der Waals surface area contributed by atoms with E-state index in [1.807, 2.05) is 0 Å². The smallest absolute Gasteiger partial charge is 0.275 e. The summed E-state index contributed by atoms with van der Waals surface area (Å²) in [7, 11) is 0. The lowest BCUT2D eigenvalue weighted by Gasteiger charge is -2.37. The number of pyridine rings is 1. The van der Waals surface area contributed by atoms with Crippen LogP contribution < -0.4 is 10.2 Å². The number of amides is 1. The minimum atomic E-state index is -0.440. The average molecular weight is 420 g/mol. The molecule has 0 spiro atoms. The van der Waals surface area contributed by atoms with Crippen LogP contribution in [0.15, 0.2) is 42.9 Å². The van der Waals surface area contributed by atoms with Crippen molar-refractivity contribution < 1.29 is 9.18 Å².